The van der Waals surface area contributed by atoms with Crippen LogP contribution in [0.3, 0.4) is 0 Å². The molecule has 3 rings (SSSR count). The average molecular weight is 394 g/mol. The predicted octanol–water partition coefficient (Wildman–Crippen LogP) is 4.18. The van der Waals surface area contributed by atoms with Gasteiger partial charge >= 0.3 is 0 Å². The van der Waals surface area contributed by atoms with Crippen molar-refractivity contribution in [3.05, 3.63) is 52.9 Å². The molecular formula is C20H18N4O3S. The number of hydrogen-bond acceptors (Lipinski definition) is 8. The Hall–Kier alpha value is -3.57. The topological polar surface area (TPSA) is 88.8 Å². The molecular weight excluding hydrogens is 376 g/mol. The van der Waals surface area contributed by atoms with Crippen LogP contribution in [0.15, 0.2) is 52.9 Å². The van der Waals surface area contributed by atoms with Crippen molar-refractivity contribution in [1.29, 1.82) is 5.26 Å². The third-order valence-corrected chi connectivity index (χ3v) is 4.73. The number of aromatic nitrogens is 1. The Labute approximate surface area is 166 Å². The molecule has 0 saturated carbocycles. The van der Waals surface area contributed by atoms with E-state index in [1.54, 1.807) is 21.3 Å². The van der Waals surface area contributed by atoms with Gasteiger partial charge in [-0.2, -0.15) is 10.4 Å². The largest absolute Gasteiger partial charge is 0.497 e. The van der Waals surface area contributed by atoms with Crippen molar-refractivity contribution in [3.63, 3.8) is 0 Å². The number of ether oxygens (including phenoxy) is 3. The van der Waals surface area contributed by atoms with E-state index in [4.69, 9.17) is 14.2 Å². The molecule has 0 amide bonds. The summed E-state index contributed by atoms with van der Waals surface area (Å²) in [4.78, 5) is 4.53. The first-order valence-electron chi connectivity index (χ1n) is 8.24. The van der Waals surface area contributed by atoms with Crippen molar-refractivity contribution in [2.45, 2.75) is 0 Å². The first kappa shape index (κ1) is 19.2. The van der Waals surface area contributed by atoms with Crippen LogP contribution < -0.4 is 19.6 Å². The fourth-order valence-corrected chi connectivity index (χ4v) is 3.18. The minimum Gasteiger partial charge on any atom is -0.497 e. The van der Waals surface area contributed by atoms with E-state index in [2.05, 4.69) is 21.6 Å². The highest BCUT2D eigenvalue weighted by Gasteiger charge is 2.13. The van der Waals surface area contributed by atoms with E-state index in [0.717, 1.165) is 22.7 Å². The third kappa shape index (κ3) is 4.22. The normalized spacial score (nSPS) is 10.9. The number of hydrogen-bond donors (Lipinski definition) is 1. The molecule has 1 heterocycles. The molecule has 0 spiro atoms. The van der Waals surface area contributed by atoms with Crippen LogP contribution in [0.25, 0.3) is 11.3 Å². The number of nitrogens with one attached hydrogen (secondary N) is 1. The van der Waals surface area contributed by atoms with Gasteiger partial charge < -0.3 is 14.2 Å². The molecule has 8 heteroatoms. The molecule has 0 aliphatic rings. The summed E-state index contributed by atoms with van der Waals surface area (Å²) >= 11 is 1.35. The van der Waals surface area contributed by atoms with Gasteiger partial charge in [-0.1, -0.05) is 0 Å². The first-order chi connectivity index (χ1) is 13.7. The average Bonchev–Trinajstić information content (AvgIpc) is 3.24. The van der Waals surface area contributed by atoms with Crippen LogP contribution in [0, 0.1) is 11.3 Å². The number of methoxy groups -OCH3 is 3. The Balaban J connectivity index is 1.81. The van der Waals surface area contributed by atoms with E-state index >= 15 is 0 Å². The maximum Gasteiger partial charge on any atom is 0.196 e. The second kappa shape index (κ2) is 8.88. The Morgan fingerprint density at radius 2 is 1.79 bits per heavy atom. The Morgan fingerprint density at radius 3 is 2.43 bits per heavy atom. The molecule has 3 aromatic rings. The van der Waals surface area contributed by atoms with Crippen molar-refractivity contribution in [2.24, 2.45) is 5.10 Å². The zero-order valence-electron chi connectivity index (χ0n) is 15.6. The van der Waals surface area contributed by atoms with E-state index in [1.165, 1.54) is 11.3 Å². The summed E-state index contributed by atoms with van der Waals surface area (Å²) in [5.74, 6) is 2.00. The summed E-state index contributed by atoms with van der Waals surface area (Å²) in [6.07, 6.45) is 0. The number of hydrazone groups is 1. The molecule has 2 aromatic carbocycles. The number of nitriles is 1. The Morgan fingerprint density at radius 1 is 1.04 bits per heavy atom. The van der Waals surface area contributed by atoms with Crippen LogP contribution in [-0.4, -0.2) is 32.0 Å². The summed E-state index contributed by atoms with van der Waals surface area (Å²) in [5, 5.41) is 16.0. The molecule has 0 saturated heterocycles. The van der Waals surface area contributed by atoms with Gasteiger partial charge in [-0.3, -0.25) is 5.43 Å². The zero-order chi connectivity index (χ0) is 19.9. The van der Waals surface area contributed by atoms with Crippen LogP contribution in [-0.2, 0) is 0 Å². The summed E-state index contributed by atoms with van der Waals surface area (Å²) in [6.45, 7) is 0. The lowest BCUT2D eigenvalue weighted by molar-refractivity contribution is 0.355. The number of benzene rings is 2. The molecule has 28 heavy (non-hydrogen) atoms. The fraction of sp³-hybridized carbons (Fsp3) is 0.150. The fourth-order valence-electron chi connectivity index (χ4n) is 2.42. The molecule has 1 N–H and O–H groups in total. The van der Waals surface area contributed by atoms with Gasteiger partial charge in [0.05, 0.1) is 32.7 Å². The zero-order valence-corrected chi connectivity index (χ0v) is 16.4. The minimum atomic E-state index is 0.201. The lowest BCUT2D eigenvalue weighted by atomic mass is 10.1. The van der Waals surface area contributed by atoms with Gasteiger partial charge in [0.2, 0.25) is 0 Å². The molecule has 7 nitrogen and oxygen atoms in total. The van der Waals surface area contributed by atoms with Gasteiger partial charge in [-0.25, -0.2) is 4.98 Å². The lowest BCUT2D eigenvalue weighted by Crippen LogP contribution is -2.01. The Kier molecular flexibility index (Phi) is 6.09. The molecule has 0 bridgehead atoms. The number of rotatable bonds is 7. The van der Waals surface area contributed by atoms with Gasteiger partial charge in [0.15, 0.2) is 22.2 Å². The molecule has 142 valence electrons. The molecule has 0 fully saturated rings. The highest BCUT2D eigenvalue weighted by molar-refractivity contribution is 7.12. The standard InChI is InChI=1S/C20H18N4O3S/c1-25-15-7-5-14(6-8-15)23-24-16(11-21)20-22-17(12-28-20)13-4-9-18(26-2)19(10-13)27-3/h4-10,12,23H,1-3H3/b24-16+. The molecule has 1 aromatic heterocycles. The van der Waals surface area contributed by atoms with Crippen molar-refractivity contribution in [3.8, 4) is 34.6 Å². The number of thiazole rings is 1. The monoisotopic (exact) mass is 394 g/mol. The maximum atomic E-state index is 9.46. The summed E-state index contributed by atoms with van der Waals surface area (Å²) in [5.41, 5.74) is 5.40. The van der Waals surface area contributed by atoms with Crippen LogP contribution in [0.1, 0.15) is 5.01 Å². The Bertz CT molecular complexity index is 1020. The second-order valence-electron chi connectivity index (χ2n) is 5.52. The van der Waals surface area contributed by atoms with Crippen molar-refractivity contribution in [2.75, 3.05) is 26.8 Å². The van der Waals surface area contributed by atoms with Crippen molar-refractivity contribution >= 4 is 22.7 Å². The number of nitrogens with zero attached hydrogens (tertiary/aromatic N) is 3. The quantitative estimate of drug-likeness (QED) is 0.478. The highest BCUT2D eigenvalue weighted by atomic mass is 32.1. The van der Waals surface area contributed by atoms with Gasteiger partial charge in [-0.05, 0) is 42.5 Å². The van der Waals surface area contributed by atoms with E-state index in [1.807, 2.05) is 47.8 Å². The molecule has 0 radical (unpaired) electrons. The summed E-state index contributed by atoms with van der Waals surface area (Å²) < 4.78 is 15.7. The molecule has 0 aliphatic carbocycles. The van der Waals surface area contributed by atoms with Gasteiger partial charge in [0.1, 0.15) is 11.8 Å². The van der Waals surface area contributed by atoms with E-state index in [-0.39, 0.29) is 5.71 Å². The van der Waals surface area contributed by atoms with Crippen LogP contribution in [0.4, 0.5) is 5.69 Å². The van der Waals surface area contributed by atoms with Crippen LogP contribution >= 0.6 is 11.3 Å². The highest BCUT2D eigenvalue weighted by Crippen LogP contribution is 2.32. The van der Waals surface area contributed by atoms with Crippen LogP contribution in [0.2, 0.25) is 0 Å². The van der Waals surface area contributed by atoms with Gasteiger partial charge in [-0.15, -0.1) is 11.3 Å². The third-order valence-electron chi connectivity index (χ3n) is 3.88. The molecule has 0 unspecified atom stereocenters. The maximum absolute atomic E-state index is 9.46. The van der Waals surface area contributed by atoms with Gasteiger partial charge in [0, 0.05) is 10.9 Å². The molecule has 0 aliphatic heterocycles. The van der Waals surface area contributed by atoms with Crippen molar-refractivity contribution in [1.82, 2.24) is 4.98 Å². The second-order valence-corrected chi connectivity index (χ2v) is 6.38. The minimum absolute atomic E-state index is 0.201. The van der Waals surface area contributed by atoms with Crippen LogP contribution in [0.5, 0.6) is 17.2 Å². The van der Waals surface area contributed by atoms with E-state index < -0.39 is 0 Å². The lowest BCUT2D eigenvalue weighted by Gasteiger charge is -2.08. The smallest absolute Gasteiger partial charge is 0.196 e. The van der Waals surface area contributed by atoms with E-state index in [9.17, 15) is 5.26 Å². The first-order valence-corrected chi connectivity index (χ1v) is 9.12. The molecule has 0 atom stereocenters. The SMILES string of the molecule is COc1ccc(N/N=C(\C#N)c2nc(-c3ccc(OC)c(OC)c3)cs2)cc1. The summed E-state index contributed by atoms with van der Waals surface area (Å²) in [7, 11) is 4.77. The predicted molar refractivity (Wildman–Crippen MR) is 109 cm³/mol. The number of anilines is 1. The summed E-state index contributed by atoms with van der Waals surface area (Å²) in [6, 6.07) is 14.9. The van der Waals surface area contributed by atoms with E-state index in [0.29, 0.717) is 16.5 Å². The van der Waals surface area contributed by atoms with Gasteiger partial charge in [0.25, 0.3) is 0 Å². The van der Waals surface area contributed by atoms with Crippen molar-refractivity contribution < 1.29 is 14.2 Å².